The van der Waals surface area contributed by atoms with Crippen LogP contribution in [0.15, 0.2) is 70.0 Å². The van der Waals surface area contributed by atoms with Crippen LogP contribution in [0.25, 0.3) is 6.08 Å². The summed E-state index contributed by atoms with van der Waals surface area (Å²) in [7, 11) is 0. The van der Waals surface area contributed by atoms with Gasteiger partial charge in [-0.05, 0) is 79.4 Å². The highest BCUT2D eigenvalue weighted by molar-refractivity contribution is 9.10. The number of amides is 3. The maximum Gasteiger partial charge on any atom is 0.416 e. The number of anilines is 1. The summed E-state index contributed by atoms with van der Waals surface area (Å²) in [4.78, 5) is 49.3. The molecule has 3 aromatic carbocycles. The standard InChI is InChI=1S/C27H19BrF3N3O7S/c1-2-40-19-7-5-18(6-8-19)32-24(35)14-33-25(36)23(42-26(33)37)12-15-11-17(28)4-10-21(15)41-22-9-3-16(27(29,30)31)13-20(22)34(38)39/h3-13H,2,14H2,1H3,(H,32,35)/b23-12+. The quantitative estimate of drug-likeness (QED) is 0.144. The number of carbonyl (C=O) groups excluding carboxylic acids is 3. The first-order valence-electron chi connectivity index (χ1n) is 12.0. The number of nitrogens with zero attached hydrogens (tertiary/aromatic N) is 2. The van der Waals surface area contributed by atoms with E-state index in [0.717, 1.165) is 11.0 Å². The molecule has 15 heteroatoms. The van der Waals surface area contributed by atoms with Gasteiger partial charge in [0.1, 0.15) is 18.0 Å². The van der Waals surface area contributed by atoms with Crippen LogP contribution in [0.5, 0.6) is 17.2 Å². The van der Waals surface area contributed by atoms with Crippen molar-refractivity contribution < 1.29 is 42.0 Å². The summed E-state index contributed by atoms with van der Waals surface area (Å²) in [6.07, 6.45) is -3.52. The number of nitro benzene ring substituents is 1. The van der Waals surface area contributed by atoms with Gasteiger partial charge in [0.2, 0.25) is 11.7 Å². The minimum Gasteiger partial charge on any atom is -0.494 e. The monoisotopic (exact) mass is 665 g/mol. The first kappa shape index (κ1) is 30.6. The smallest absolute Gasteiger partial charge is 0.416 e. The van der Waals surface area contributed by atoms with Crippen LogP contribution in [0.3, 0.4) is 0 Å². The van der Waals surface area contributed by atoms with Crippen molar-refractivity contribution in [2.75, 3.05) is 18.5 Å². The molecule has 0 atom stereocenters. The number of benzene rings is 3. The number of imide groups is 1. The summed E-state index contributed by atoms with van der Waals surface area (Å²) in [5.41, 5.74) is -1.53. The second-order valence-corrected chi connectivity index (χ2v) is 10.4. The van der Waals surface area contributed by atoms with E-state index in [1.807, 2.05) is 6.92 Å². The summed E-state index contributed by atoms with van der Waals surface area (Å²) >= 11 is 3.83. The number of hydrogen-bond acceptors (Lipinski definition) is 8. The van der Waals surface area contributed by atoms with E-state index < -0.39 is 51.7 Å². The van der Waals surface area contributed by atoms with Gasteiger partial charge in [-0.1, -0.05) is 15.9 Å². The van der Waals surface area contributed by atoms with Crippen molar-refractivity contribution in [3.05, 3.63) is 91.3 Å². The Balaban J connectivity index is 1.54. The van der Waals surface area contributed by atoms with Crippen LogP contribution < -0.4 is 14.8 Å². The molecule has 1 fully saturated rings. The van der Waals surface area contributed by atoms with Crippen LogP contribution in [0.1, 0.15) is 18.1 Å². The Labute approximate surface area is 248 Å². The van der Waals surface area contributed by atoms with E-state index >= 15 is 0 Å². The van der Waals surface area contributed by atoms with Gasteiger partial charge in [-0.3, -0.25) is 29.4 Å². The van der Waals surface area contributed by atoms with Crippen molar-refractivity contribution in [3.8, 4) is 17.2 Å². The molecular weight excluding hydrogens is 647 g/mol. The number of ether oxygens (including phenoxy) is 2. The number of carbonyl (C=O) groups is 3. The molecule has 218 valence electrons. The van der Waals surface area contributed by atoms with Gasteiger partial charge >= 0.3 is 11.9 Å². The highest BCUT2D eigenvalue weighted by Gasteiger charge is 2.37. The van der Waals surface area contributed by atoms with E-state index in [1.54, 1.807) is 24.3 Å². The molecule has 3 aromatic rings. The molecule has 0 unspecified atom stereocenters. The maximum atomic E-state index is 13.1. The fraction of sp³-hybridized carbons (Fsp3) is 0.148. The number of hydrogen-bond donors (Lipinski definition) is 1. The second kappa shape index (κ2) is 12.7. The summed E-state index contributed by atoms with van der Waals surface area (Å²) in [6, 6.07) is 12.7. The molecule has 0 spiro atoms. The van der Waals surface area contributed by atoms with Crippen molar-refractivity contribution >= 4 is 62.2 Å². The molecule has 0 radical (unpaired) electrons. The number of alkyl halides is 3. The topological polar surface area (TPSA) is 128 Å². The van der Waals surface area contributed by atoms with Crippen LogP contribution in [0.4, 0.5) is 29.3 Å². The number of thioether (sulfide) groups is 1. The molecular formula is C27H19BrF3N3O7S. The van der Waals surface area contributed by atoms with Crippen LogP contribution >= 0.6 is 27.7 Å². The van der Waals surface area contributed by atoms with Crippen LogP contribution in [-0.4, -0.2) is 40.0 Å². The zero-order valence-corrected chi connectivity index (χ0v) is 23.8. The SMILES string of the molecule is CCOc1ccc(NC(=O)CN2C(=O)S/C(=C/c3cc(Br)ccc3Oc3ccc(C(F)(F)F)cc3[N+](=O)[O-])C2=O)cc1. The molecule has 0 saturated carbocycles. The third-order valence-electron chi connectivity index (χ3n) is 5.59. The fourth-order valence-corrected chi connectivity index (χ4v) is 4.90. The molecule has 10 nitrogen and oxygen atoms in total. The highest BCUT2D eigenvalue weighted by atomic mass is 79.9. The third-order valence-corrected chi connectivity index (χ3v) is 6.99. The molecule has 0 aliphatic carbocycles. The first-order chi connectivity index (χ1) is 19.8. The molecule has 42 heavy (non-hydrogen) atoms. The molecule has 1 N–H and O–H groups in total. The Morgan fingerprint density at radius 1 is 1.10 bits per heavy atom. The van der Waals surface area contributed by atoms with Gasteiger partial charge in [0.15, 0.2) is 0 Å². The van der Waals surface area contributed by atoms with Gasteiger partial charge in [0.05, 0.1) is 22.0 Å². The number of rotatable bonds is 9. The van der Waals surface area contributed by atoms with Crippen LogP contribution in [0, 0.1) is 10.1 Å². The zero-order chi connectivity index (χ0) is 30.6. The zero-order valence-electron chi connectivity index (χ0n) is 21.4. The Bertz CT molecular complexity index is 1600. The molecule has 0 aromatic heterocycles. The van der Waals surface area contributed by atoms with Gasteiger partial charge < -0.3 is 14.8 Å². The predicted molar refractivity (Wildman–Crippen MR) is 151 cm³/mol. The lowest BCUT2D eigenvalue weighted by atomic mass is 10.1. The number of nitro groups is 1. The summed E-state index contributed by atoms with van der Waals surface area (Å²) in [5.74, 6) is -1.29. The normalized spacial score (nSPS) is 14.3. The number of halogens is 4. The van der Waals surface area contributed by atoms with Gasteiger partial charge in [-0.25, -0.2) is 0 Å². The average Bonchev–Trinajstić information content (AvgIpc) is 3.18. The average molecular weight is 666 g/mol. The Kier molecular flexibility index (Phi) is 9.21. The Morgan fingerprint density at radius 3 is 2.43 bits per heavy atom. The summed E-state index contributed by atoms with van der Waals surface area (Å²) < 4.78 is 50.7. The van der Waals surface area contributed by atoms with Gasteiger partial charge in [-0.2, -0.15) is 13.2 Å². The predicted octanol–water partition coefficient (Wildman–Crippen LogP) is 7.24. The molecule has 1 heterocycles. The fourth-order valence-electron chi connectivity index (χ4n) is 3.69. The number of nitrogens with one attached hydrogen (secondary N) is 1. The van der Waals surface area contributed by atoms with E-state index in [9.17, 15) is 37.7 Å². The van der Waals surface area contributed by atoms with Gasteiger partial charge in [0, 0.05) is 21.8 Å². The lowest BCUT2D eigenvalue weighted by molar-refractivity contribution is -0.385. The lowest BCUT2D eigenvalue weighted by Gasteiger charge is -2.13. The molecule has 1 saturated heterocycles. The first-order valence-corrected chi connectivity index (χ1v) is 13.6. The van der Waals surface area contributed by atoms with Crippen LogP contribution in [0.2, 0.25) is 0 Å². The second-order valence-electron chi connectivity index (χ2n) is 8.50. The van der Waals surface area contributed by atoms with Crippen LogP contribution in [-0.2, 0) is 15.8 Å². The van der Waals surface area contributed by atoms with E-state index in [2.05, 4.69) is 21.2 Å². The summed E-state index contributed by atoms with van der Waals surface area (Å²) in [5, 5.41) is 13.4. The van der Waals surface area contributed by atoms with Gasteiger partial charge in [0.25, 0.3) is 11.1 Å². The van der Waals surface area contributed by atoms with E-state index in [1.165, 1.54) is 24.3 Å². The molecule has 0 bridgehead atoms. The maximum absolute atomic E-state index is 13.1. The molecule has 3 amide bonds. The van der Waals surface area contributed by atoms with Crippen molar-refractivity contribution in [2.24, 2.45) is 0 Å². The lowest BCUT2D eigenvalue weighted by Crippen LogP contribution is -2.36. The van der Waals surface area contributed by atoms with Gasteiger partial charge in [-0.15, -0.1) is 0 Å². The minimum atomic E-state index is -4.81. The van der Waals surface area contributed by atoms with E-state index in [4.69, 9.17) is 9.47 Å². The van der Waals surface area contributed by atoms with Crippen molar-refractivity contribution in [1.29, 1.82) is 0 Å². The Hall–Kier alpha value is -4.37. The van der Waals surface area contributed by atoms with E-state index in [-0.39, 0.29) is 16.2 Å². The molecule has 4 rings (SSSR count). The van der Waals surface area contributed by atoms with Crippen molar-refractivity contribution in [3.63, 3.8) is 0 Å². The Morgan fingerprint density at radius 2 is 1.79 bits per heavy atom. The van der Waals surface area contributed by atoms with Crippen molar-refractivity contribution in [1.82, 2.24) is 4.90 Å². The largest absolute Gasteiger partial charge is 0.494 e. The third kappa shape index (κ3) is 7.28. The minimum absolute atomic E-state index is 0.0406. The van der Waals surface area contributed by atoms with E-state index in [0.29, 0.717) is 46.4 Å². The molecule has 1 aliphatic rings. The summed E-state index contributed by atoms with van der Waals surface area (Å²) in [6.45, 7) is 1.74. The highest BCUT2D eigenvalue weighted by Crippen LogP contribution is 2.40. The van der Waals surface area contributed by atoms with Crippen molar-refractivity contribution in [2.45, 2.75) is 13.1 Å². The molecule has 1 aliphatic heterocycles.